The summed E-state index contributed by atoms with van der Waals surface area (Å²) < 4.78 is 0. The van der Waals surface area contributed by atoms with Crippen LogP contribution in [0.2, 0.25) is 0 Å². The third-order valence-corrected chi connectivity index (χ3v) is 3.36. The summed E-state index contributed by atoms with van der Waals surface area (Å²) in [6, 6.07) is 9.53. The lowest BCUT2D eigenvalue weighted by molar-refractivity contribution is 0.101. The maximum atomic E-state index is 11.3. The minimum atomic E-state index is -0.0118. The zero-order valence-electron chi connectivity index (χ0n) is 9.57. The van der Waals surface area contributed by atoms with E-state index in [9.17, 15) is 4.79 Å². The van der Waals surface area contributed by atoms with Gasteiger partial charge in [-0.3, -0.25) is 4.79 Å². The van der Waals surface area contributed by atoms with Crippen molar-refractivity contribution in [2.45, 2.75) is 13.5 Å². The van der Waals surface area contributed by atoms with Crippen molar-refractivity contribution in [3.8, 4) is 0 Å². The third-order valence-electron chi connectivity index (χ3n) is 2.48. The van der Waals surface area contributed by atoms with Gasteiger partial charge in [-0.25, -0.2) is 0 Å². The lowest BCUT2D eigenvalue weighted by Gasteiger charge is -2.08. The first-order valence-corrected chi connectivity index (χ1v) is 6.21. The van der Waals surface area contributed by atoms with Crippen molar-refractivity contribution in [1.82, 2.24) is 0 Å². The van der Waals surface area contributed by atoms with Gasteiger partial charge in [0.15, 0.2) is 5.78 Å². The molecule has 0 aliphatic heterocycles. The number of nitrogen functional groups attached to an aromatic ring is 1. The molecule has 1 aromatic carbocycles. The Bertz CT molecular complexity index is 520. The molecule has 0 spiro atoms. The summed E-state index contributed by atoms with van der Waals surface area (Å²) in [7, 11) is 0. The van der Waals surface area contributed by atoms with Gasteiger partial charge < -0.3 is 11.1 Å². The van der Waals surface area contributed by atoms with E-state index in [1.165, 1.54) is 11.8 Å². The third kappa shape index (κ3) is 2.85. The van der Waals surface area contributed by atoms with Gasteiger partial charge in [0, 0.05) is 28.4 Å². The molecule has 3 nitrogen and oxygen atoms in total. The van der Waals surface area contributed by atoms with Gasteiger partial charge >= 0.3 is 0 Å². The number of nitrogens with two attached hydrogens (primary N) is 1. The van der Waals surface area contributed by atoms with E-state index in [1.807, 2.05) is 17.5 Å². The van der Waals surface area contributed by atoms with E-state index < -0.39 is 0 Å². The first-order chi connectivity index (χ1) is 8.16. The molecule has 0 saturated heterocycles. The Hall–Kier alpha value is -1.81. The second-order valence-electron chi connectivity index (χ2n) is 3.79. The van der Waals surface area contributed by atoms with Crippen molar-refractivity contribution in [2.24, 2.45) is 0 Å². The average molecular weight is 246 g/mol. The average Bonchev–Trinajstić information content (AvgIpc) is 2.80. The summed E-state index contributed by atoms with van der Waals surface area (Å²) in [5.74, 6) is -0.0118. The van der Waals surface area contributed by atoms with Crippen LogP contribution in [0.5, 0.6) is 0 Å². The summed E-state index contributed by atoms with van der Waals surface area (Å²) in [6.45, 7) is 2.29. The molecule has 1 heterocycles. The minimum Gasteiger partial charge on any atom is -0.398 e. The molecule has 2 rings (SSSR count). The van der Waals surface area contributed by atoms with Crippen molar-refractivity contribution >= 4 is 28.5 Å². The van der Waals surface area contributed by atoms with E-state index in [0.29, 0.717) is 11.3 Å². The molecule has 17 heavy (non-hydrogen) atoms. The molecule has 0 bridgehead atoms. The van der Waals surface area contributed by atoms with Crippen LogP contribution in [-0.4, -0.2) is 5.78 Å². The van der Waals surface area contributed by atoms with Crippen LogP contribution in [0.15, 0.2) is 35.7 Å². The number of carbonyl (C=O) groups excluding carboxylic acids is 1. The topological polar surface area (TPSA) is 55.1 Å². The van der Waals surface area contributed by atoms with E-state index in [4.69, 9.17) is 5.73 Å². The van der Waals surface area contributed by atoms with Gasteiger partial charge in [0.05, 0.1) is 0 Å². The summed E-state index contributed by atoms with van der Waals surface area (Å²) in [5, 5.41) is 5.31. The molecule has 0 atom stereocenters. The number of Topliss-reactive ketones (excluding diaryl/α,β-unsaturated/α-hetero) is 1. The molecule has 0 unspecified atom stereocenters. The molecular formula is C13H14N2OS. The highest BCUT2D eigenvalue weighted by Gasteiger charge is 2.05. The summed E-state index contributed by atoms with van der Waals surface area (Å²) in [4.78, 5) is 12.6. The molecule has 0 aliphatic carbocycles. The van der Waals surface area contributed by atoms with Crippen LogP contribution in [-0.2, 0) is 6.54 Å². The van der Waals surface area contributed by atoms with Crippen LogP contribution in [0.4, 0.5) is 11.4 Å². The van der Waals surface area contributed by atoms with Crippen molar-refractivity contribution in [2.75, 3.05) is 11.1 Å². The van der Waals surface area contributed by atoms with E-state index in [1.54, 1.807) is 23.5 Å². The van der Waals surface area contributed by atoms with Crippen molar-refractivity contribution in [3.05, 3.63) is 46.2 Å². The molecule has 4 heteroatoms. The number of anilines is 2. The van der Waals surface area contributed by atoms with Gasteiger partial charge in [-0.05, 0) is 36.6 Å². The fourth-order valence-corrected chi connectivity index (χ4v) is 2.22. The molecular weight excluding hydrogens is 232 g/mol. The zero-order chi connectivity index (χ0) is 12.3. The summed E-state index contributed by atoms with van der Waals surface area (Å²) in [6.07, 6.45) is 0. The molecule has 0 saturated carbocycles. The molecule has 0 aliphatic rings. The highest BCUT2D eigenvalue weighted by molar-refractivity contribution is 7.09. The molecule has 3 N–H and O–H groups in total. The fourth-order valence-electron chi connectivity index (χ4n) is 1.57. The number of nitrogens with one attached hydrogen (secondary N) is 1. The Labute approximate surface area is 104 Å². The van der Waals surface area contributed by atoms with Gasteiger partial charge in [0.2, 0.25) is 0 Å². The highest BCUT2D eigenvalue weighted by atomic mass is 32.1. The number of ketones is 1. The van der Waals surface area contributed by atoms with Crippen LogP contribution >= 0.6 is 11.3 Å². The van der Waals surface area contributed by atoms with Crippen LogP contribution in [0, 0.1) is 0 Å². The Balaban J connectivity index is 2.11. The van der Waals surface area contributed by atoms with Gasteiger partial charge in [-0.15, -0.1) is 11.3 Å². The second kappa shape index (κ2) is 5.01. The largest absolute Gasteiger partial charge is 0.398 e. The molecule has 0 fully saturated rings. The Morgan fingerprint density at radius 3 is 2.88 bits per heavy atom. The van der Waals surface area contributed by atoms with Crippen molar-refractivity contribution < 1.29 is 4.79 Å². The van der Waals surface area contributed by atoms with E-state index in [0.717, 1.165) is 12.2 Å². The van der Waals surface area contributed by atoms with E-state index in [-0.39, 0.29) is 5.78 Å². The van der Waals surface area contributed by atoms with Gasteiger partial charge in [-0.2, -0.15) is 0 Å². The predicted molar refractivity (Wildman–Crippen MR) is 72.5 cm³/mol. The Morgan fingerprint density at radius 2 is 2.24 bits per heavy atom. The van der Waals surface area contributed by atoms with E-state index in [2.05, 4.69) is 11.4 Å². The quantitative estimate of drug-likeness (QED) is 0.643. The standard InChI is InChI=1S/C13H14N2OS/c1-9(16)12-7-10(4-5-13(12)14)15-8-11-3-2-6-17-11/h2-7,15H,8,14H2,1H3. The number of hydrogen-bond donors (Lipinski definition) is 2. The highest BCUT2D eigenvalue weighted by Crippen LogP contribution is 2.19. The van der Waals surface area contributed by atoms with Crippen LogP contribution in [0.25, 0.3) is 0 Å². The molecule has 0 radical (unpaired) electrons. The van der Waals surface area contributed by atoms with Crippen LogP contribution in [0.1, 0.15) is 22.2 Å². The van der Waals surface area contributed by atoms with Crippen molar-refractivity contribution in [3.63, 3.8) is 0 Å². The predicted octanol–water partition coefficient (Wildman–Crippen LogP) is 3.15. The molecule has 2 aromatic rings. The number of benzene rings is 1. The number of carbonyl (C=O) groups is 1. The lowest BCUT2D eigenvalue weighted by Crippen LogP contribution is -2.03. The van der Waals surface area contributed by atoms with E-state index >= 15 is 0 Å². The van der Waals surface area contributed by atoms with Crippen LogP contribution in [0.3, 0.4) is 0 Å². The van der Waals surface area contributed by atoms with Crippen LogP contribution < -0.4 is 11.1 Å². The molecule has 0 amide bonds. The number of rotatable bonds is 4. The minimum absolute atomic E-state index is 0.0118. The van der Waals surface area contributed by atoms with Crippen molar-refractivity contribution in [1.29, 1.82) is 0 Å². The zero-order valence-corrected chi connectivity index (χ0v) is 10.4. The van der Waals surface area contributed by atoms with Gasteiger partial charge in [-0.1, -0.05) is 6.07 Å². The maximum absolute atomic E-state index is 11.3. The first kappa shape index (κ1) is 11.7. The summed E-state index contributed by atoms with van der Waals surface area (Å²) >= 11 is 1.70. The molecule has 1 aromatic heterocycles. The normalized spacial score (nSPS) is 10.2. The Morgan fingerprint density at radius 1 is 1.41 bits per heavy atom. The summed E-state index contributed by atoms with van der Waals surface area (Å²) in [5.41, 5.74) is 7.75. The van der Waals surface area contributed by atoms with Gasteiger partial charge in [0.25, 0.3) is 0 Å². The monoisotopic (exact) mass is 246 g/mol. The smallest absolute Gasteiger partial charge is 0.161 e. The maximum Gasteiger partial charge on any atom is 0.161 e. The van der Waals surface area contributed by atoms with Gasteiger partial charge in [0.1, 0.15) is 0 Å². The number of hydrogen-bond acceptors (Lipinski definition) is 4. The molecule has 88 valence electrons. The SMILES string of the molecule is CC(=O)c1cc(NCc2cccs2)ccc1N. The first-order valence-electron chi connectivity index (χ1n) is 5.33. The lowest BCUT2D eigenvalue weighted by atomic mass is 10.1. The Kier molecular flexibility index (Phi) is 3.44. The number of thiophene rings is 1. The fraction of sp³-hybridized carbons (Fsp3) is 0.154. The second-order valence-corrected chi connectivity index (χ2v) is 4.82.